The zero-order valence-corrected chi connectivity index (χ0v) is 32.7. The van der Waals surface area contributed by atoms with Crippen molar-refractivity contribution in [3.63, 3.8) is 0 Å². The zero-order valence-electron chi connectivity index (χ0n) is 28.0. The second-order valence-corrected chi connectivity index (χ2v) is 18.7. The highest BCUT2D eigenvalue weighted by Gasteiger charge is 2.26. The Morgan fingerprint density at radius 3 is 1.89 bits per heavy atom. The highest BCUT2D eigenvalue weighted by Crippen LogP contribution is 2.41. The molecule has 0 aliphatic heterocycles. The summed E-state index contributed by atoms with van der Waals surface area (Å²) < 4.78 is 90.0. The fourth-order valence-corrected chi connectivity index (χ4v) is 10.7. The van der Waals surface area contributed by atoms with E-state index in [0.29, 0.717) is 34.1 Å². The van der Waals surface area contributed by atoms with Gasteiger partial charge in [0.2, 0.25) is 0 Å². The SMILES string of the molecule is CC(=O)c1cccc(-c2cc(S(=O)(=O)Nc3ccc(C(=O)Oc4cc(NS(=O)(=O)c5cc(-c6ccc(F)cc6F)c(Cl)s5)ccc4C(=O)O)c(O)c3)sc2Cl)c1. The van der Waals surface area contributed by atoms with Crippen LogP contribution in [0.3, 0.4) is 0 Å². The number of carbonyl (C=O) groups excluding carboxylic acids is 2. The number of carbonyl (C=O) groups is 3. The molecule has 0 fully saturated rings. The van der Waals surface area contributed by atoms with Gasteiger partial charge in [0.05, 0.1) is 11.4 Å². The summed E-state index contributed by atoms with van der Waals surface area (Å²) in [6.45, 7) is 1.39. The molecular formula is C36H22Cl2F2N2O10S4. The average molecular weight is 880 g/mol. The molecule has 6 rings (SSSR count). The molecule has 0 saturated carbocycles. The molecule has 2 heterocycles. The first-order valence-electron chi connectivity index (χ1n) is 15.5. The molecule has 0 aliphatic rings. The third-order valence-corrected chi connectivity index (χ3v) is 14.2. The summed E-state index contributed by atoms with van der Waals surface area (Å²) in [5.74, 6) is -6.28. The summed E-state index contributed by atoms with van der Waals surface area (Å²) >= 11 is 13.9. The Labute approximate surface area is 334 Å². The molecule has 288 valence electrons. The van der Waals surface area contributed by atoms with E-state index in [1.165, 1.54) is 13.0 Å². The first-order valence-corrected chi connectivity index (χ1v) is 20.8. The van der Waals surface area contributed by atoms with Gasteiger partial charge in [0.15, 0.2) is 5.78 Å². The summed E-state index contributed by atoms with van der Waals surface area (Å²) in [5, 5.41) is 20.4. The molecule has 0 radical (unpaired) electrons. The quantitative estimate of drug-likeness (QED) is 0.0523. The lowest BCUT2D eigenvalue weighted by molar-refractivity contribution is 0.0680. The smallest absolute Gasteiger partial charge is 0.347 e. The fraction of sp³-hybridized carbons (Fsp3) is 0.0278. The maximum Gasteiger partial charge on any atom is 0.347 e. The number of halogens is 4. The number of aromatic hydroxyl groups is 1. The number of esters is 1. The average Bonchev–Trinajstić information content (AvgIpc) is 3.71. The molecule has 0 atom stereocenters. The predicted octanol–water partition coefficient (Wildman–Crippen LogP) is 9.16. The van der Waals surface area contributed by atoms with Crippen LogP contribution in [0.2, 0.25) is 8.67 Å². The topological polar surface area (TPSA) is 193 Å². The standard InChI is InChI=1S/C36H22Cl2F2N2O10S4/c1-17(43)18-3-2-4-19(11-18)26-15-31(53-33(26)37)55(48,49)41-21-6-9-24(29(44)13-21)36(47)52-30-14-22(7-10-25(30)35(45)46)42-56(50,51)32-16-27(34(38)54-32)23-8-5-20(39)12-28(23)40/h2-16,41-42,44H,1H3,(H,45,46). The van der Waals surface area contributed by atoms with Crippen LogP contribution < -0.4 is 14.2 Å². The van der Waals surface area contributed by atoms with E-state index in [-0.39, 0.29) is 45.4 Å². The lowest BCUT2D eigenvalue weighted by Gasteiger charge is -2.12. The van der Waals surface area contributed by atoms with Crippen LogP contribution in [-0.2, 0) is 20.0 Å². The number of carboxylic acids is 1. The zero-order chi connectivity index (χ0) is 40.7. The number of Topliss-reactive ketones (excluding diaryl/α,β-unsaturated/α-hetero) is 1. The molecule has 4 N–H and O–H groups in total. The highest BCUT2D eigenvalue weighted by atomic mass is 35.5. The number of anilines is 2. The van der Waals surface area contributed by atoms with Crippen molar-refractivity contribution in [2.24, 2.45) is 0 Å². The Kier molecular flexibility index (Phi) is 11.3. The Bertz CT molecular complexity index is 2830. The van der Waals surface area contributed by atoms with E-state index in [1.54, 1.807) is 24.3 Å². The number of thiophene rings is 2. The van der Waals surface area contributed by atoms with Crippen LogP contribution in [0.15, 0.2) is 99.4 Å². The molecule has 0 aliphatic carbocycles. The van der Waals surface area contributed by atoms with E-state index in [0.717, 1.165) is 65.9 Å². The van der Waals surface area contributed by atoms with Crippen molar-refractivity contribution in [3.8, 4) is 33.8 Å². The van der Waals surface area contributed by atoms with Crippen LogP contribution >= 0.6 is 45.9 Å². The maximum atomic E-state index is 14.4. The Hall–Kier alpha value is -5.37. The van der Waals surface area contributed by atoms with E-state index in [4.69, 9.17) is 27.9 Å². The molecule has 0 saturated heterocycles. The van der Waals surface area contributed by atoms with Gasteiger partial charge in [0, 0.05) is 40.5 Å². The van der Waals surface area contributed by atoms with Gasteiger partial charge >= 0.3 is 11.9 Å². The van der Waals surface area contributed by atoms with Crippen molar-refractivity contribution in [1.29, 1.82) is 0 Å². The molecule has 12 nitrogen and oxygen atoms in total. The molecule has 0 bridgehead atoms. The van der Waals surface area contributed by atoms with E-state index in [9.17, 15) is 50.2 Å². The van der Waals surface area contributed by atoms with E-state index in [2.05, 4.69) is 9.44 Å². The summed E-state index contributed by atoms with van der Waals surface area (Å²) in [4.78, 5) is 36.9. The van der Waals surface area contributed by atoms with E-state index >= 15 is 0 Å². The first-order chi connectivity index (χ1) is 26.3. The maximum absolute atomic E-state index is 14.4. The largest absolute Gasteiger partial charge is 0.507 e. The molecule has 56 heavy (non-hydrogen) atoms. The van der Waals surface area contributed by atoms with Crippen molar-refractivity contribution >= 4 is 95.0 Å². The third-order valence-electron chi connectivity index (χ3n) is 7.80. The van der Waals surface area contributed by atoms with Crippen LogP contribution in [0, 0.1) is 11.6 Å². The second-order valence-electron chi connectivity index (χ2n) is 11.6. The first kappa shape index (κ1) is 40.3. The number of sulfonamides is 2. The molecule has 2 aromatic heterocycles. The molecule has 6 aromatic rings. The number of benzene rings is 4. The lowest BCUT2D eigenvalue weighted by atomic mass is 10.0. The van der Waals surface area contributed by atoms with Crippen LogP contribution in [-0.4, -0.2) is 44.8 Å². The number of carboxylic acid groups (broad SMARTS) is 1. The molecule has 4 aromatic carbocycles. The summed E-state index contributed by atoms with van der Waals surface area (Å²) in [6.07, 6.45) is 0. The molecule has 0 amide bonds. The van der Waals surface area contributed by atoms with Crippen LogP contribution in [0.4, 0.5) is 20.2 Å². The van der Waals surface area contributed by atoms with Gasteiger partial charge in [0.25, 0.3) is 20.0 Å². The monoisotopic (exact) mass is 878 g/mol. The van der Waals surface area contributed by atoms with Gasteiger partial charge in [-0.3, -0.25) is 14.2 Å². The summed E-state index contributed by atoms with van der Waals surface area (Å²) in [7, 11) is -8.75. The van der Waals surface area contributed by atoms with Gasteiger partial charge in [-0.05, 0) is 67.1 Å². The minimum absolute atomic E-state index is 0.0257. The Morgan fingerprint density at radius 1 is 0.714 bits per heavy atom. The van der Waals surface area contributed by atoms with Crippen LogP contribution in [0.25, 0.3) is 22.3 Å². The summed E-state index contributed by atoms with van der Waals surface area (Å²) in [5.41, 5.74) is -0.437. The lowest BCUT2D eigenvalue weighted by Crippen LogP contribution is -2.15. The predicted molar refractivity (Wildman–Crippen MR) is 208 cm³/mol. The van der Waals surface area contributed by atoms with Gasteiger partial charge in [0.1, 0.15) is 51.4 Å². The number of nitrogens with one attached hydrogen (secondary N) is 2. The van der Waals surface area contributed by atoms with Gasteiger partial charge < -0.3 is 14.9 Å². The minimum Gasteiger partial charge on any atom is -0.507 e. The number of phenols is 1. The number of hydrogen-bond acceptors (Lipinski definition) is 11. The van der Waals surface area contributed by atoms with E-state index < -0.39 is 66.2 Å². The third kappa shape index (κ3) is 8.54. The van der Waals surface area contributed by atoms with Crippen molar-refractivity contribution < 1.29 is 54.9 Å². The van der Waals surface area contributed by atoms with Gasteiger partial charge in [-0.2, -0.15) is 0 Å². The Morgan fingerprint density at radius 2 is 1.30 bits per heavy atom. The molecular weight excluding hydrogens is 858 g/mol. The van der Waals surface area contributed by atoms with Gasteiger partial charge in [-0.1, -0.05) is 41.4 Å². The second kappa shape index (κ2) is 15.6. The summed E-state index contributed by atoms with van der Waals surface area (Å²) in [6, 6.07) is 17.5. The number of aromatic carboxylic acids is 1. The highest BCUT2D eigenvalue weighted by molar-refractivity contribution is 7.95. The van der Waals surface area contributed by atoms with E-state index in [1.807, 2.05) is 0 Å². The number of rotatable bonds is 12. The normalized spacial score (nSPS) is 11.6. The number of hydrogen-bond donors (Lipinski definition) is 4. The minimum atomic E-state index is -4.46. The fourth-order valence-electron chi connectivity index (χ4n) is 5.13. The molecule has 20 heteroatoms. The Balaban J connectivity index is 1.20. The molecule has 0 unspecified atom stereocenters. The van der Waals surface area contributed by atoms with Crippen molar-refractivity contribution in [1.82, 2.24) is 0 Å². The number of ketones is 1. The molecule has 0 spiro atoms. The van der Waals surface area contributed by atoms with Crippen LogP contribution in [0.5, 0.6) is 11.5 Å². The van der Waals surface area contributed by atoms with Crippen LogP contribution in [0.1, 0.15) is 38.0 Å². The van der Waals surface area contributed by atoms with Crippen molar-refractivity contribution in [3.05, 3.63) is 128 Å². The number of phenolic OH excluding ortho intramolecular Hbond substituents is 1. The van der Waals surface area contributed by atoms with Gasteiger partial charge in [-0.15, -0.1) is 22.7 Å². The number of ether oxygens (including phenoxy) is 1. The van der Waals surface area contributed by atoms with Crippen molar-refractivity contribution in [2.45, 2.75) is 15.3 Å². The van der Waals surface area contributed by atoms with Crippen molar-refractivity contribution in [2.75, 3.05) is 9.44 Å². The van der Waals surface area contributed by atoms with Gasteiger partial charge in [-0.25, -0.2) is 35.2 Å².